The third-order valence-electron chi connectivity index (χ3n) is 4.51. The van der Waals surface area contributed by atoms with Crippen molar-refractivity contribution >= 4 is 15.9 Å². The largest absolute Gasteiger partial charge is 0.343 e. The lowest BCUT2D eigenvalue weighted by atomic mass is 9.95. The van der Waals surface area contributed by atoms with Crippen molar-refractivity contribution in [1.29, 1.82) is 0 Å². The number of amides is 1. The minimum Gasteiger partial charge on any atom is -0.343 e. The predicted molar refractivity (Wildman–Crippen MR) is 87.1 cm³/mol. The molecule has 0 spiro atoms. The standard InChI is InChI=1S/C15H26N4O3S/c1-18(13-7-5-3-2-4-6-8-13)15(20)9-10-19-12-14(11-17-19)23(16,21)22/h11-13H,2-10H2,1H3,(H2,16,21,22). The maximum absolute atomic E-state index is 12.4. The first-order chi connectivity index (χ1) is 10.9. The summed E-state index contributed by atoms with van der Waals surface area (Å²) in [5.41, 5.74) is 0. The molecule has 1 amide bonds. The highest BCUT2D eigenvalue weighted by atomic mass is 32.2. The zero-order valence-electron chi connectivity index (χ0n) is 13.6. The van der Waals surface area contributed by atoms with Gasteiger partial charge < -0.3 is 4.90 Å². The molecule has 130 valence electrons. The molecule has 0 bridgehead atoms. The molecule has 0 aliphatic heterocycles. The van der Waals surface area contributed by atoms with Crippen LogP contribution < -0.4 is 5.14 Å². The third-order valence-corrected chi connectivity index (χ3v) is 5.38. The van der Waals surface area contributed by atoms with Crippen molar-refractivity contribution in [3.63, 3.8) is 0 Å². The molecule has 8 heteroatoms. The van der Waals surface area contributed by atoms with Gasteiger partial charge in [-0.2, -0.15) is 5.10 Å². The maximum atomic E-state index is 12.4. The molecule has 0 unspecified atom stereocenters. The molecule has 23 heavy (non-hydrogen) atoms. The molecular formula is C15H26N4O3S. The van der Waals surface area contributed by atoms with E-state index in [0.717, 1.165) is 12.8 Å². The van der Waals surface area contributed by atoms with Gasteiger partial charge in [0.1, 0.15) is 4.90 Å². The lowest BCUT2D eigenvalue weighted by Crippen LogP contribution is -2.37. The highest BCUT2D eigenvalue weighted by molar-refractivity contribution is 7.89. The Hall–Kier alpha value is -1.41. The third kappa shape index (κ3) is 5.31. The molecule has 7 nitrogen and oxygen atoms in total. The second kappa shape index (κ2) is 7.92. The Labute approximate surface area is 137 Å². The summed E-state index contributed by atoms with van der Waals surface area (Å²) in [4.78, 5) is 14.2. The van der Waals surface area contributed by atoms with Crippen molar-refractivity contribution in [2.45, 2.75) is 68.8 Å². The topological polar surface area (TPSA) is 98.3 Å². The maximum Gasteiger partial charge on any atom is 0.241 e. The summed E-state index contributed by atoms with van der Waals surface area (Å²) < 4.78 is 23.9. The number of rotatable bonds is 5. The van der Waals surface area contributed by atoms with Crippen LogP contribution in [0.2, 0.25) is 0 Å². The lowest BCUT2D eigenvalue weighted by Gasteiger charge is -2.29. The van der Waals surface area contributed by atoms with Crippen LogP contribution in [0.25, 0.3) is 0 Å². The van der Waals surface area contributed by atoms with Gasteiger partial charge in [0, 0.05) is 32.3 Å². The van der Waals surface area contributed by atoms with Gasteiger partial charge in [-0.25, -0.2) is 13.6 Å². The highest BCUT2D eigenvalue weighted by Gasteiger charge is 2.20. The van der Waals surface area contributed by atoms with Crippen molar-refractivity contribution in [1.82, 2.24) is 14.7 Å². The molecule has 1 heterocycles. The van der Waals surface area contributed by atoms with Gasteiger partial charge in [0.25, 0.3) is 0 Å². The number of hydrogen-bond acceptors (Lipinski definition) is 4. The number of sulfonamides is 1. The zero-order valence-corrected chi connectivity index (χ0v) is 14.5. The van der Waals surface area contributed by atoms with E-state index in [1.807, 2.05) is 11.9 Å². The van der Waals surface area contributed by atoms with Crippen LogP contribution in [-0.4, -0.2) is 42.1 Å². The summed E-state index contributed by atoms with van der Waals surface area (Å²) in [7, 11) is -1.87. The molecule has 2 N–H and O–H groups in total. The van der Waals surface area contributed by atoms with Gasteiger partial charge in [-0.05, 0) is 12.8 Å². The Balaban J connectivity index is 1.86. The first-order valence-corrected chi connectivity index (χ1v) is 9.73. The molecule has 1 fully saturated rings. The van der Waals surface area contributed by atoms with Crippen molar-refractivity contribution in [3.05, 3.63) is 12.4 Å². The molecule has 0 atom stereocenters. The second-order valence-corrected chi connectivity index (χ2v) is 7.80. The van der Waals surface area contributed by atoms with Crippen LogP contribution in [0.4, 0.5) is 0 Å². The number of carbonyl (C=O) groups excluding carboxylic acids is 1. The minimum atomic E-state index is -3.74. The Bertz CT molecular complexity index is 618. The van der Waals surface area contributed by atoms with E-state index in [1.54, 1.807) is 0 Å². The smallest absolute Gasteiger partial charge is 0.241 e. The molecule has 1 saturated carbocycles. The summed E-state index contributed by atoms with van der Waals surface area (Å²) in [6, 6.07) is 0.320. The first kappa shape index (κ1) is 17.9. The molecule has 0 radical (unpaired) electrons. The van der Waals surface area contributed by atoms with Crippen LogP contribution in [-0.2, 0) is 21.4 Å². The molecule has 0 saturated heterocycles. The van der Waals surface area contributed by atoms with E-state index in [2.05, 4.69) is 5.10 Å². The Morgan fingerprint density at radius 2 is 1.91 bits per heavy atom. The average Bonchev–Trinajstić information content (AvgIpc) is 2.92. The second-order valence-electron chi connectivity index (χ2n) is 6.24. The number of nitrogens with zero attached hydrogens (tertiary/aromatic N) is 3. The lowest BCUT2D eigenvalue weighted by molar-refractivity contribution is -0.132. The monoisotopic (exact) mass is 342 g/mol. The number of aryl methyl sites for hydroxylation is 1. The van der Waals surface area contributed by atoms with E-state index < -0.39 is 10.0 Å². The summed E-state index contributed by atoms with van der Waals surface area (Å²) in [6.07, 6.45) is 11.2. The van der Waals surface area contributed by atoms with Crippen LogP contribution >= 0.6 is 0 Å². The van der Waals surface area contributed by atoms with Gasteiger partial charge in [0.15, 0.2) is 0 Å². The Morgan fingerprint density at radius 1 is 1.30 bits per heavy atom. The van der Waals surface area contributed by atoms with Crippen LogP contribution in [0.15, 0.2) is 17.3 Å². The van der Waals surface area contributed by atoms with Crippen molar-refractivity contribution in [2.75, 3.05) is 7.05 Å². The van der Waals surface area contributed by atoms with E-state index in [0.29, 0.717) is 19.0 Å². The summed E-state index contributed by atoms with van der Waals surface area (Å²) in [5, 5.41) is 8.98. The molecule has 2 rings (SSSR count). The van der Waals surface area contributed by atoms with Crippen LogP contribution in [0.5, 0.6) is 0 Å². The quantitative estimate of drug-likeness (QED) is 0.876. The Morgan fingerprint density at radius 3 is 2.48 bits per heavy atom. The molecule has 0 aromatic carbocycles. The van der Waals surface area contributed by atoms with E-state index in [1.165, 1.54) is 49.2 Å². The zero-order chi connectivity index (χ0) is 16.9. The molecule has 1 aromatic rings. The fourth-order valence-electron chi connectivity index (χ4n) is 3.03. The van der Waals surface area contributed by atoms with Gasteiger partial charge in [0.05, 0.1) is 6.20 Å². The number of primary sulfonamides is 1. The molecular weight excluding hydrogens is 316 g/mol. The first-order valence-electron chi connectivity index (χ1n) is 8.19. The van der Waals surface area contributed by atoms with E-state index in [-0.39, 0.29) is 10.8 Å². The molecule has 1 aliphatic rings. The van der Waals surface area contributed by atoms with Gasteiger partial charge in [-0.1, -0.05) is 32.1 Å². The number of nitrogens with two attached hydrogens (primary N) is 1. The van der Waals surface area contributed by atoms with Gasteiger partial charge in [-0.3, -0.25) is 9.48 Å². The van der Waals surface area contributed by atoms with Gasteiger partial charge in [0.2, 0.25) is 15.9 Å². The summed E-state index contributed by atoms with van der Waals surface area (Å²) >= 11 is 0. The van der Waals surface area contributed by atoms with Crippen LogP contribution in [0.3, 0.4) is 0 Å². The van der Waals surface area contributed by atoms with Gasteiger partial charge >= 0.3 is 0 Å². The van der Waals surface area contributed by atoms with Crippen molar-refractivity contribution in [3.8, 4) is 0 Å². The van der Waals surface area contributed by atoms with E-state index in [9.17, 15) is 13.2 Å². The number of aromatic nitrogens is 2. The number of hydrogen-bond donors (Lipinski definition) is 1. The fraction of sp³-hybridized carbons (Fsp3) is 0.733. The fourth-order valence-corrected chi connectivity index (χ4v) is 3.49. The predicted octanol–water partition coefficient (Wildman–Crippen LogP) is 1.49. The SMILES string of the molecule is CN(C(=O)CCn1cc(S(N)(=O)=O)cn1)C1CCCCCCC1. The minimum absolute atomic E-state index is 0.0293. The van der Waals surface area contributed by atoms with Gasteiger partial charge in [-0.15, -0.1) is 0 Å². The number of carbonyl (C=O) groups is 1. The van der Waals surface area contributed by atoms with Crippen molar-refractivity contribution in [2.24, 2.45) is 5.14 Å². The van der Waals surface area contributed by atoms with E-state index in [4.69, 9.17) is 5.14 Å². The summed E-state index contributed by atoms with van der Waals surface area (Å²) in [6.45, 7) is 0.353. The molecule has 1 aliphatic carbocycles. The highest BCUT2D eigenvalue weighted by Crippen LogP contribution is 2.21. The summed E-state index contributed by atoms with van der Waals surface area (Å²) in [5.74, 6) is 0.0724. The Kier molecular flexibility index (Phi) is 6.17. The normalized spacial score (nSPS) is 17.5. The van der Waals surface area contributed by atoms with Crippen LogP contribution in [0.1, 0.15) is 51.4 Å². The van der Waals surface area contributed by atoms with Crippen LogP contribution in [0, 0.1) is 0 Å². The van der Waals surface area contributed by atoms with Crippen molar-refractivity contribution < 1.29 is 13.2 Å². The molecule has 1 aromatic heterocycles. The van der Waals surface area contributed by atoms with E-state index >= 15 is 0 Å². The average molecular weight is 342 g/mol.